The quantitative estimate of drug-likeness (QED) is 0.831. The van der Waals surface area contributed by atoms with Crippen LogP contribution in [-0.4, -0.2) is 31.2 Å². The van der Waals surface area contributed by atoms with Crippen LogP contribution in [0.25, 0.3) is 0 Å². The number of rotatable bonds is 3. The van der Waals surface area contributed by atoms with Crippen LogP contribution in [0.1, 0.15) is 38.8 Å². The zero-order valence-electron chi connectivity index (χ0n) is 13.3. The Morgan fingerprint density at radius 2 is 1.75 bits per heavy atom. The second-order valence-corrected chi connectivity index (χ2v) is 6.75. The molecule has 1 saturated heterocycles. The average Bonchev–Trinajstić information content (AvgIpc) is 2.39. The highest BCUT2D eigenvalue weighted by atomic mass is 16.5. The normalized spacial score (nSPS) is 17.4. The first-order valence-electron chi connectivity index (χ1n) is 7.54. The van der Waals surface area contributed by atoms with Gasteiger partial charge >= 0.3 is 0 Å². The summed E-state index contributed by atoms with van der Waals surface area (Å²) in [6.45, 7) is 12.7. The van der Waals surface area contributed by atoms with Gasteiger partial charge in [0.05, 0.1) is 13.2 Å². The van der Waals surface area contributed by atoms with E-state index in [4.69, 9.17) is 4.74 Å². The average molecular weight is 273 g/mol. The van der Waals surface area contributed by atoms with Crippen molar-refractivity contribution in [3.63, 3.8) is 0 Å². The summed E-state index contributed by atoms with van der Waals surface area (Å²) in [5, 5.41) is 0. The predicted molar refractivity (Wildman–Crippen MR) is 85.0 cm³/mol. The lowest BCUT2D eigenvalue weighted by Crippen LogP contribution is -2.32. The molecule has 20 heavy (non-hydrogen) atoms. The topological polar surface area (TPSA) is 12.5 Å². The summed E-state index contributed by atoms with van der Waals surface area (Å²) >= 11 is 0. The van der Waals surface area contributed by atoms with Crippen molar-refractivity contribution in [3.05, 3.63) is 47.2 Å². The molecular formula is C18H27NO. The molecule has 0 saturated carbocycles. The molecule has 0 aliphatic carbocycles. The Morgan fingerprint density at radius 3 is 2.30 bits per heavy atom. The van der Waals surface area contributed by atoms with Gasteiger partial charge < -0.3 is 9.64 Å². The molecule has 2 heteroatoms. The maximum absolute atomic E-state index is 5.37. The van der Waals surface area contributed by atoms with Gasteiger partial charge in [0.15, 0.2) is 0 Å². The number of hydrogen-bond acceptors (Lipinski definition) is 2. The third-order valence-electron chi connectivity index (χ3n) is 3.75. The first-order valence-corrected chi connectivity index (χ1v) is 7.54. The number of benzene rings is 1. The number of nitrogens with zero attached hydrogens (tertiary/aromatic N) is 1. The molecule has 0 N–H and O–H groups in total. The zero-order chi connectivity index (χ0) is 14.6. The molecule has 0 aromatic heterocycles. The predicted octanol–water partition coefficient (Wildman–Crippen LogP) is 3.76. The summed E-state index contributed by atoms with van der Waals surface area (Å²) in [7, 11) is 0. The second kappa shape index (κ2) is 6.45. The fourth-order valence-electron chi connectivity index (χ4n) is 2.51. The van der Waals surface area contributed by atoms with Gasteiger partial charge in [-0.15, -0.1) is 0 Å². The minimum atomic E-state index is 0.233. The van der Waals surface area contributed by atoms with Crippen LogP contribution >= 0.6 is 0 Å². The van der Waals surface area contributed by atoms with Crippen molar-refractivity contribution in [2.24, 2.45) is 0 Å². The molecule has 0 atom stereocenters. The van der Waals surface area contributed by atoms with Crippen LogP contribution in [0.2, 0.25) is 0 Å². The molecule has 110 valence electrons. The molecule has 1 fully saturated rings. The molecule has 0 unspecified atom stereocenters. The van der Waals surface area contributed by atoms with Crippen LogP contribution in [0, 0.1) is 0 Å². The number of allylic oxidation sites excluding steroid dienone is 1. The molecule has 1 heterocycles. The lowest BCUT2D eigenvalue weighted by molar-refractivity contribution is 0.0590. The molecule has 0 amide bonds. The fraction of sp³-hybridized carbons (Fsp3) is 0.556. The molecule has 0 bridgehead atoms. The van der Waals surface area contributed by atoms with Crippen molar-refractivity contribution in [2.75, 3.05) is 26.3 Å². The van der Waals surface area contributed by atoms with E-state index in [1.807, 2.05) is 0 Å². The Balaban J connectivity index is 1.97. The summed E-state index contributed by atoms with van der Waals surface area (Å²) in [5.41, 5.74) is 4.43. The van der Waals surface area contributed by atoms with Gasteiger partial charge in [0.2, 0.25) is 0 Å². The fourth-order valence-corrected chi connectivity index (χ4v) is 2.51. The van der Waals surface area contributed by atoms with Gasteiger partial charge in [-0.2, -0.15) is 0 Å². The van der Waals surface area contributed by atoms with Gasteiger partial charge in [-0.05, 0) is 36.1 Å². The van der Waals surface area contributed by atoms with Gasteiger partial charge in [0.1, 0.15) is 0 Å². The lowest BCUT2D eigenvalue weighted by Gasteiger charge is -2.26. The summed E-state index contributed by atoms with van der Waals surface area (Å²) in [4.78, 5) is 2.36. The molecule has 0 spiro atoms. The highest BCUT2D eigenvalue weighted by molar-refractivity contribution is 5.29. The Bertz CT molecular complexity index is 447. The Labute approximate surface area is 123 Å². The molecule has 0 radical (unpaired) electrons. The summed E-state index contributed by atoms with van der Waals surface area (Å²) < 4.78 is 5.37. The number of ether oxygens (including phenoxy) is 1. The van der Waals surface area contributed by atoms with E-state index in [2.05, 4.69) is 63.1 Å². The summed E-state index contributed by atoms with van der Waals surface area (Å²) in [6.07, 6.45) is 3.32. The highest BCUT2D eigenvalue weighted by Crippen LogP contribution is 2.22. The smallest absolute Gasteiger partial charge is 0.0642 e. The minimum absolute atomic E-state index is 0.233. The summed E-state index contributed by atoms with van der Waals surface area (Å²) in [6, 6.07) is 9.04. The Hall–Kier alpha value is -1.28. The van der Waals surface area contributed by atoms with Crippen LogP contribution in [0.3, 0.4) is 0 Å². The van der Waals surface area contributed by atoms with Crippen LogP contribution < -0.4 is 0 Å². The van der Waals surface area contributed by atoms with E-state index in [1.54, 1.807) is 0 Å². The third kappa shape index (κ3) is 4.38. The molecule has 1 aromatic carbocycles. The van der Waals surface area contributed by atoms with E-state index < -0.39 is 0 Å². The molecule has 1 aliphatic heterocycles. The largest absolute Gasteiger partial charge is 0.378 e. The van der Waals surface area contributed by atoms with E-state index in [-0.39, 0.29) is 5.41 Å². The number of morpholine rings is 1. The molecule has 2 nitrogen and oxygen atoms in total. The van der Waals surface area contributed by atoms with Gasteiger partial charge in [-0.25, -0.2) is 0 Å². The van der Waals surface area contributed by atoms with E-state index in [0.29, 0.717) is 0 Å². The first kappa shape index (κ1) is 15.1. The first-order chi connectivity index (χ1) is 9.45. The maximum Gasteiger partial charge on any atom is 0.0642 e. The minimum Gasteiger partial charge on any atom is -0.378 e. The van der Waals surface area contributed by atoms with E-state index in [0.717, 1.165) is 32.7 Å². The van der Waals surface area contributed by atoms with Crippen molar-refractivity contribution in [1.82, 2.24) is 4.90 Å². The standard InChI is InChI=1S/C18H27NO/c1-15(14-19-9-11-20-12-10-19)13-16-5-7-17(8-6-16)18(2,3)4/h5-8,14H,9-13H2,1-4H3/b15-14+. The van der Waals surface area contributed by atoms with Gasteiger partial charge in [-0.1, -0.05) is 50.6 Å². The van der Waals surface area contributed by atoms with Gasteiger partial charge in [0.25, 0.3) is 0 Å². The SMILES string of the molecule is C/C(=C\N1CCOCC1)Cc1ccc(C(C)(C)C)cc1. The van der Waals surface area contributed by atoms with Gasteiger partial charge in [-0.3, -0.25) is 0 Å². The molecular weight excluding hydrogens is 246 g/mol. The van der Waals surface area contributed by atoms with Crippen molar-refractivity contribution in [1.29, 1.82) is 0 Å². The third-order valence-corrected chi connectivity index (χ3v) is 3.75. The molecule has 1 aromatic rings. The van der Waals surface area contributed by atoms with Crippen molar-refractivity contribution in [2.45, 2.75) is 39.5 Å². The van der Waals surface area contributed by atoms with Crippen LogP contribution in [0.4, 0.5) is 0 Å². The van der Waals surface area contributed by atoms with Crippen molar-refractivity contribution < 1.29 is 4.74 Å². The number of hydrogen-bond donors (Lipinski definition) is 0. The van der Waals surface area contributed by atoms with Crippen molar-refractivity contribution in [3.8, 4) is 0 Å². The highest BCUT2D eigenvalue weighted by Gasteiger charge is 2.13. The van der Waals surface area contributed by atoms with Gasteiger partial charge in [0, 0.05) is 13.1 Å². The summed E-state index contributed by atoms with van der Waals surface area (Å²) in [5.74, 6) is 0. The van der Waals surface area contributed by atoms with E-state index >= 15 is 0 Å². The molecule has 1 aliphatic rings. The zero-order valence-corrected chi connectivity index (χ0v) is 13.3. The van der Waals surface area contributed by atoms with E-state index in [1.165, 1.54) is 16.7 Å². The second-order valence-electron chi connectivity index (χ2n) is 6.75. The Kier molecular flexibility index (Phi) is 4.87. The van der Waals surface area contributed by atoms with Crippen molar-refractivity contribution >= 4 is 0 Å². The van der Waals surface area contributed by atoms with E-state index in [9.17, 15) is 0 Å². The van der Waals surface area contributed by atoms with Crippen LogP contribution in [-0.2, 0) is 16.6 Å². The lowest BCUT2D eigenvalue weighted by atomic mass is 9.86. The Morgan fingerprint density at radius 1 is 1.15 bits per heavy atom. The maximum atomic E-state index is 5.37. The monoisotopic (exact) mass is 273 g/mol. The molecule has 2 rings (SSSR count). The van der Waals surface area contributed by atoms with Crippen LogP contribution in [0.15, 0.2) is 36.0 Å². The van der Waals surface area contributed by atoms with Crippen LogP contribution in [0.5, 0.6) is 0 Å².